The Bertz CT molecular complexity index is 403. The van der Waals surface area contributed by atoms with E-state index in [2.05, 4.69) is 30.4 Å². The van der Waals surface area contributed by atoms with E-state index in [1.165, 1.54) is 42.0 Å². The molecule has 0 aliphatic carbocycles. The average Bonchev–Trinajstić information content (AvgIpc) is 2.93. The fourth-order valence-electron chi connectivity index (χ4n) is 3.59. The highest BCUT2D eigenvalue weighted by atomic mass is 32.1. The fourth-order valence-corrected chi connectivity index (χ4v) is 4.61. The summed E-state index contributed by atoms with van der Waals surface area (Å²) in [6.45, 7) is 4.30. The molecule has 3 heterocycles. The number of hydrogen-bond acceptors (Lipinski definition) is 4. The minimum Gasteiger partial charge on any atom is -0.312 e. The van der Waals surface area contributed by atoms with Gasteiger partial charge in [-0.25, -0.2) is 4.98 Å². The van der Waals surface area contributed by atoms with Gasteiger partial charge in [-0.05, 0) is 45.7 Å². The highest BCUT2D eigenvalue weighted by Gasteiger charge is 2.39. The number of thiazole rings is 1. The number of rotatable bonds is 5. The molecule has 4 heteroatoms. The van der Waals surface area contributed by atoms with Crippen molar-refractivity contribution in [3.05, 3.63) is 16.1 Å². The lowest BCUT2D eigenvalue weighted by Gasteiger charge is -2.35. The zero-order chi connectivity index (χ0) is 13.2. The van der Waals surface area contributed by atoms with Crippen LogP contribution < -0.4 is 5.32 Å². The van der Waals surface area contributed by atoms with Gasteiger partial charge in [0.1, 0.15) is 0 Å². The minimum absolute atomic E-state index is 0.721. The molecule has 2 unspecified atom stereocenters. The number of fused-ring (bicyclic) bond motifs is 2. The molecular weight excluding hydrogens is 254 g/mol. The van der Waals surface area contributed by atoms with Crippen molar-refractivity contribution in [1.82, 2.24) is 15.2 Å². The summed E-state index contributed by atoms with van der Waals surface area (Å²) in [6.07, 6.45) is 8.72. The number of hydrogen-bond donors (Lipinski definition) is 1. The van der Waals surface area contributed by atoms with E-state index in [0.717, 1.165) is 31.1 Å². The van der Waals surface area contributed by atoms with E-state index in [1.54, 1.807) is 0 Å². The molecule has 3 nitrogen and oxygen atoms in total. The number of nitrogens with one attached hydrogen (secondary N) is 1. The van der Waals surface area contributed by atoms with Gasteiger partial charge < -0.3 is 10.2 Å². The van der Waals surface area contributed by atoms with E-state index in [9.17, 15) is 0 Å². The lowest BCUT2D eigenvalue weighted by molar-refractivity contribution is 0.161. The molecule has 0 saturated carbocycles. The summed E-state index contributed by atoms with van der Waals surface area (Å²) in [4.78, 5) is 8.70. The molecule has 106 valence electrons. The summed E-state index contributed by atoms with van der Waals surface area (Å²) in [7, 11) is 2.31. The number of piperidine rings is 1. The first-order valence-corrected chi connectivity index (χ1v) is 8.46. The van der Waals surface area contributed by atoms with Crippen LogP contribution in [0.2, 0.25) is 0 Å². The van der Waals surface area contributed by atoms with Crippen molar-refractivity contribution in [3.63, 3.8) is 0 Å². The van der Waals surface area contributed by atoms with Crippen molar-refractivity contribution in [3.8, 4) is 0 Å². The van der Waals surface area contributed by atoms with Crippen molar-refractivity contribution in [2.75, 3.05) is 13.6 Å². The first-order valence-electron chi connectivity index (χ1n) is 7.65. The normalized spacial score (nSPS) is 30.9. The van der Waals surface area contributed by atoms with Crippen LogP contribution >= 0.6 is 11.3 Å². The fraction of sp³-hybridized carbons (Fsp3) is 0.800. The summed E-state index contributed by atoms with van der Waals surface area (Å²) in [6, 6.07) is 1.63. The molecule has 2 bridgehead atoms. The highest BCUT2D eigenvalue weighted by Crippen LogP contribution is 2.42. The molecule has 2 atom stereocenters. The zero-order valence-corrected chi connectivity index (χ0v) is 12.9. The summed E-state index contributed by atoms with van der Waals surface area (Å²) >= 11 is 1.93. The van der Waals surface area contributed by atoms with Gasteiger partial charge in [0.2, 0.25) is 0 Å². The van der Waals surface area contributed by atoms with Crippen molar-refractivity contribution in [2.45, 2.75) is 63.6 Å². The third-order valence-corrected chi connectivity index (χ3v) is 5.90. The van der Waals surface area contributed by atoms with Crippen LogP contribution in [0.25, 0.3) is 0 Å². The van der Waals surface area contributed by atoms with E-state index in [4.69, 9.17) is 4.98 Å². The predicted molar refractivity (Wildman–Crippen MR) is 80.7 cm³/mol. The monoisotopic (exact) mass is 279 g/mol. The Morgan fingerprint density at radius 3 is 2.79 bits per heavy atom. The smallest absolute Gasteiger partial charge is 0.0960 e. The van der Waals surface area contributed by atoms with Crippen LogP contribution in [0.1, 0.15) is 54.8 Å². The third-order valence-electron chi connectivity index (χ3n) is 4.74. The van der Waals surface area contributed by atoms with Crippen LogP contribution in [-0.2, 0) is 6.54 Å². The van der Waals surface area contributed by atoms with Crippen molar-refractivity contribution in [2.24, 2.45) is 0 Å². The molecule has 0 aromatic carbocycles. The van der Waals surface area contributed by atoms with Gasteiger partial charge in [-0.15, -0.1) is 11.3 Å². The third kappa shape index (κ3) is 2.86. The molecule has 2 fully saturated rings. The van der Waals surface area contributed by atoms with Crippen LogP contribution in [0.3, 0.4) is 0 Å². The lowest BCUT2D eigenvalue weighted by Crippen LogP contribution is -2.39. The molecule has 0 spiro atoms. The largest absolute Gasteiger partial charge is 0.312 e. The van der Waals surface area contributed by atoms with Crippen LogP contribution in [0.15, 0.2) is 6.20 Å². The Balaban J connectivity index is 1.60. The van der Waals surface area contributed by atoms with Gasteiger partial charge in [0.15, 0.2) is 0 Å². The summed E-state index contributed by atoms with van der Waals surface area (Å²) in [5, 5.41) is 4.85. The SMILES string of the molecule is CCCNCc1cnc(C2CC3CCC(C2)N3C)s1. The first kappa shape index (κ1) is 13.5. The number of aromatic nitrogens is 1. The molecule has 3 rings (SSSR count). The molecule has 2 aliphatic rings. The Hall–Kier alpha value is -0.450. The molecular formula is C15H25N3S. The Kier molecular flexibility index (Phi) is 4.20. The van der Waals surface area contributed by atoms with Gasteiger partial charge in [-0.3, -0.25) is 0 Å². The Morgan fingerprint density at radius 1 is 1.37 bits per heavy atom. The van der Waals surface area contributed by atoms with Crippen LogP contribution in [0, 0.1) is 0 Å². The molecule has 2 saturated heterocycles. The molecule has 0 radical (unpaired) electrons. The standard InChI is InChI=1S/C15H25N3S/c1-3-6-16-9-14-10-17-15(19-14)11-7-12-4-5-13(8-11)18(12)2/h10-13,16H,3-9H2,1-2H3. The predicted octanol–water partition coefficient (Wildman–Crippen LogP) is 2.98. The van der Waals surface area contributed by atoms with Gasteiger partial charge >= 0.3 is 0 Å². The van der Waals surface area contributed by atoms with Crippen LogP contribution in [0.5, 0.6) is 0 Å². The molecule has 2 aliphatic heterocycles. The van der Waals surface area contributed by atoms with E-state index in [0.29, 0.717) is 0 Å². The van der Waals surface area contributed by atoms with E-state index < -0.39 is 0 Å². The van der Waals surface area contributed by atoms with E-state index >= 15 is 0 Å². The highest BCUT2D eigenvalue weighted by molar-refractivity contribution is 7.11. The maximum Gasteiger partial charge on any atom is 0.0960 e. The molecule has 1 aromatic rings. The minimum atomic E-state index is 0.721. The van der Waals surface area contributed by atoms with Crippen LogP contribution in [-0.4, -0.2) is 35.6 Å². The second-order valence-electron chi connectivity index (χ2n) is 6.06. The number of nitrogens with zero attached hydrogens (tertiary/aromatic N) is 2. The summed E-state index contributed by atoms with van der Waals surface area (Å²) in [5.74, 6) is 0.721. The lowest BCUT2D eigenvalue weighted by atomic mass is 9.92. The summed E-state index contributed by atoms with van der Waals surface area (Å²) < 4.78 is 0. The van der Waals surface area contributed by atoms with Gasteiger partial charge in [-0.2, -0.15) is 0 Å². The summed E-state index contributed by atoms with van der Waals surface area (Å²) in [5.41, 5.74) is 0. The van der Waals surface area contributed by atoms with Gasteiger partial charge in [0, 0.05) is 35.6 Å². The van der Waals surface area contributed by atoms with Gasteiger partial charge in [0.05, 0.1) is 5.01 Å². The Morgan fingerprint density at radius 2 is 2.11 bits per heavy atom. The van der Waals surface area contributed by atoms with E-state index in [-0.39, 0.29) is 0 Å². The second-order valence-corrected chi connectivity index (χ2v) is 7.21. The van der Waals surface area contributed by atoms with Gasteiger partial charge in [0.25, 0.3) is 0 Å². The van der Waals surface area contributed by atoms with Crippen molar-refractivity contribution < 1.29 is 0 Å². The quantitative estimate of drug-likeness (QED) is 0.840. The van der Waals surface area contributed by atoms with Crippen molar-refractivity contribution in [1.29, 1.82) is 0 Å². The zero-order valence-electron chi connectivity index (χ0n) is 12.1. The first-order chi connectivity index (χ1) is 9.28. The molecule has 1 N–H and O–H groups in total. The van der Waals surface area contributed by atoms with E-state index in [1.807, 2.05) is 11.3 Å². The molecule has 1 aromatic heterocycles. The average molecular weight is 279 g/mol. The van der Waals surface area contributed by atoms with Crippen molar-refractivity contribution >= 4 is 11.3 Å². The van der Waals surface area contributed by atoms with Gasteiger partial charge in [-0.1, -0.05) is 6.92 Å². The maximum absolute atomic E-state index is 4.70. The van der Waals surface area contributed by atoms with Crippen LogP contribution in [0.4, 0.5) is 0 Å². The maximum atomic E-state index is 4.70. The molecule has 19 heavy (non-hydrogen) atoms. The topological polar surface area (TPSA) is 28.2 Å². The molecule has 0 amide bonds. The Labute approximate surface area is 120 Å². The second kappa shape index (κ2) is 5.90.